The lowest BCUT2D eigenvalue weighted by Gasteiger charge is -2.20. The lowest BCUT2D eigenvalue weighted by Crippen LogP contribution is -2.43. The number of hydrogen-bond acceptors (Lipinski definition) is 2. The Hall–Kier alpha value is -2.04. The van der Waals surface area contributed by atoms with Crippen LogP contribution in [0.1, 0.15) is 20.8 Å². The Morgan fingerprint density at radius 3 is 2.82 bits per heavy atom. The van der Waals surface area contributed by atoms with Gasteiger partial charge in [0.2, 0.25) is 0 Å². The first-order chi connectivity index (χ1) is 7.96. The Morgan fingerprint density at radius 1 is 1.35 bits per heavy atom. The number of carbonyl (C=O) groups excluding carboxylic acids is 1. The average molecular weight is 232 g/mol. The van der Waals surface area contributed by atoms with E-state index in [0.717, 1.165) is 5.65 Å². The second kappa shape index (κ2) is 4.08. The minimum atomic E-state index is -0.259. The van der Waals surface area contributed by atoms with E-state index in [-0.39, 0.29) is 11.6 Å². The highest BCUT2D eigenvalue weighted by Crippen LogP contribution is 2.14. The van der Waals surface area contributed by atoms with Crippen LogP contribution in [0.3, 0.4) is 0 Å². The van der Waals surface area contributed by atoms with E-state index in [9.17, 15) is 4.79 Å². The Bertz CT molecular complexity index is 539. The van der Waals surface area contributed by atoms with Gasteiger partial charge in [0.15, 0.2) is 5.65 Å². The number of carbonyl (C=O) groups is 1. The van der Waals surface area contributed by atoms with Crippen molar-refractivity contribution in [2.45, 2.75) is 26.3 Å². The second-order valence-electron chi connectivity index (χ2n) is 4.91. The summed E-state index contributed by atoms with van der Waals surface area (Å²) in [6, 6.07) is 3.46. The molecule has 2 aromatic rings. The number of hydrogen-bond donors (Lipinski definition) is 2. The van der Waals surface area contributed by atoms with E-state index >= 15 is 0 Å². The van der Waals surface area contributed by atoms with Gasteiger partial charge in [0.05, 0.1) is 5.69 Å². The van der Waals surface area contributed by atoms with Crippen LogP contribution in [0.5, 0.6) is 0 Å². The minimum absolute atomic E-state index is 0.228. The number of aromatic nitrogens is 2. The third-order valence-electron chi connectivity index (χ3n) is 2.16. The van der Waals surface area contributed by atoms with Crippen molar-refractivity contribution in [3.63, 3.8) is 0 Å². The van der Waals surface area contributed by atoms with Gasteiger partial charge >= 0.3 is 6.03 Å². The molecule has 0 saturated heterocycles. The number of fused-ring (bicyclic) bond motifs is 1. The van der Waals surface area contributed by atoms with Crippen LogP contribution < -0.4 is 10.6 Å². The highest BCUT2D eigenvalue weighted by atomic mass is 16.2. The van der Waals surface area contributed by atoms with E-state index in [1.807, 2.05) is 49.7 Å². The van der Waals surface area contributed by atoms with Crippen molar-refractivity contribution in [1.82, 2.24) is 14.7 Å². The van der Waals surface area contributed by atoms with Crippen molar-refractivity contribution in [3.8, 4) is 0 Å². The molecule has 0 bridgehead atoms. The first-order valence-corrected chi connectivity index (χ1v) is 5.46. The van der Waals surface area contributed by atoms with Crippen LogP contribution >= 0.6 is 0 Å². The van der Waals surface area contributed by atoms with Crippen molar-refractivity contribution < 1.29 is 4.79 Å². The molecule has 0 radical (unpaired) electrons. The molecule has 2 heterocycles. The molecular formula is C12H16N4O. The van der Waals surface area contributed by atoms with E-state index in [1.54, 1.807) is 6.20 Å². The molecule has 0 atom stereocenters. The van der Waals surface area contributed by atoms with Crippen LogP contribution in [0.4, 0.5) is 10.5 Å². The SMILES string of the molecule is CC(C)(C)NC(=O)Nc1cccn2ccnc12. The quantitative estimate of drug-likeness (QED) is 0.792. The molecule has 0 fully saturated rings. The highest BCUT2D eigenvalue weighted by Gasteiger charge is 2.14. The molecule has 2 N–H and O–H groups in total. The van der Waals surface area contributed by atoms with E-state index in [4.69, 9.17) is 0 Å². The summed E-state index contributed by atoms with van der Waals surface area (Å²) in [5.74, 6) is 0. The number of nitrogens with zero attached hydrogens (tertiary/aromatic N) is 2. The summed E-state index contributed by atoms with van der Waals surface area (Å²) in [4.78, 5) is 15.9. The smallest absolute Gasteiger partial charge is 0.319 e. The van der Waals surface area contributed by atoms with Crippen molar-refractivity contribution in [2.75, 3.05) is 5.32 Å². The molecule has 0 saturated carbocycles. The summed E-state index contributed by atoms with van der Waals surface area (Å²) < 4.78 is 1.85. The zero-order chi connectivity index (χ0) is 12.5. The summed E-state index contributed by atoms with van der Waals surface area (Å²) in [5.41, 5.74) is 1.17. The molecule has 2 rings (SSSR count). The summed E-state index contributed by atoms with van der Waals surface area (Å²) in [7, 11) is 0. The number of nitrogens with one attached hydrogen (secondary N) is 2. The van der Waals surface area contributed by atoms with Crippen LogP contribution in [0.2, 0.25) is 0 Å². The first-order valence-electron chi connectivity index (χ1n) is 5.46. The van der Waals surface area contributed by atoms with Crippen LogP contribution in [-0.2, 0) is 0 Å². The van der Waals surface area contributed by atoms with Crippen LogP contribution in [0.15, 0.2) is 30.7 Å². The monoisotopic (exact) mass is 232 g/mol. The van der Waals surface area contributed by atoms with Crippen LogP contribution in [0, 0.1) is 0 Å². The number of pyridine rings is 1. The number of amides is 2. The van der Waals surface area contributed by atoms with Gasteiger partial charge < -0.3 is 15.0 Å². The summed E-state index contributed by atoms with van der Waals surface area (Å²) in [6.07, 6.45) is 5.42. The van der Waals surface area contributed by atoms with Crippen molar-refractivity contribution >= 4 is 17.4 Å². The highest BCUT2D eigenvalue weighted by molar-refractivity contribution is 5.93. The largest absolute Gasteiger partial charge is 0.333 e. The van der Waals surface area contributed by atoms with E-state index < -0.39 is 0 Å². The van der Waals surface area contributed by atoms with Gasteiger partial charge in [-0.1, -0.05) is 0 Å². The van der Waals surface area contributed by atoms with Crippen molar-refractivity contribution in [3.05, 3.63) is 30.7 Å². The van der Waals surface area contributed by atoms with Gasteiger partial charge in [-0.3, -0.25) is 0 Å². The second-order valence-corrected chi connectivity index (χ2v) is 4.91. The molecule has 2 amide bonds. The minimum Gasteiger partial charge on any atom is -0.333 e. The number of rotatable bonds is 1. The lowest BCUT2D eigenvalue weighted by molar-refractivity contribution is 0.244. The molecule has 17 heavy (non-hydrogen) atoms. The van der Waals surface area contributed by atoms with Gasteiger partial charge in [-0.05, 0) is 32.9 Å². The maximum atomic E-state index is 11.7. The Kier molecular flexibility index (Phi) is 2.75. The number of urea groups is 1. The summed E-state index contributed by atoms with van der Waals surface area (Å²) in [5, 5.41) is 5.63. The van der Waals surface area contributed by atoms with Gasteiger partial charge in [0.25, 0.3) is 0 Å². The number of anilines is 1. The molecule has 5 heteroatoms. The Balaban J connectivity index is 2.18. The van der Waals surface area contributed by atoms with Crippen LogP contribution in [0.25, 0.3) is 5.65 Å². The third kappa shape index (κ3) is 2.75. The fourth-order valence-corrected chi connectivity index (χ4v) is 1.54. The molecule has 90 valence electrons. The normalized spacial score (nSPS) is 11.5. The average Bonchev–Trinajstić information content (AvgIpc) is 2.63. The fraction of sp³-hybridized carbons (Fsp3) is 0.333. The topological polar surface area (TPSA) is 58.4 Å². The molecule has 0 aliphatic heterocycles. The van der Waals surface area contributed by atoms with Crippen molar-refractivity contribution in [2.24, 2.45) is 0 Å². The van der Waals surface area contributed by atoms with Crippen LogP contribution in [-0.4, -0.2) is 21.0 Å². The molecule has 0 aliphatic rings. The summed E-state index contributed by atoms with van der Waals surface area (Å²) >= 11 is 0. The van der Waals surface area contributed by atoms with Gasteiger partial charge in [-0.15, -0.1) is 0 Å². The number of imidazole rings is 1. The van der Waals surface area contributed by atoms with Crippen molar-refractivity contribution in [1.29, 1.82) is 0 Å². The third-order valence-corrected chi connectivity index (χ3v) is 2.16. The van der Waals surface area contributed by atoms with Gasteiger partial charge in [-0.25, -0.2) is 9.78 Å². The predicted molar refractivity (Wildman–Crippen MR) is 67.1 cm³/mol. The predicted octanol–water partition coefficient (Wildman–Crippen LogP) is 2.25. The Labute approximate surface area is 99.9 Å². The van der Waals surface area contributed by atoms with Gasteiger partial charge in [-0.2, -0.15) is 0 Å². The maximum Gasteiger partial charge on any atom is 0.319 e. The Morgan fingerprint density at radius 2 is 2.12 bits per heavy atom. The summed E-state index contributed by atoms with van der Waals surface area (Å²) in [6.45, 7) is 5.80. The lowest BCUT2D eigenvalue weighted by atomic mass is 10.1. The fourth-order valence-electron chi connectivity index (χ4n) is 1.54. The molecule has 0 aliphatic carbocycles. The molecule has 2 aromatic heterocycles. The zero-order valence-electron chi connectivity index (χ0n) is 10.2. The maximum absolute atomic E-state index is 11.7. The molecule has 0 spiro atoms. The molecular weight excluding hydrogens is 216 g/mol. The van der Waals surface area contributed by atoms with E-state index in [0.29, 0.717) is 5.69 Å². The first kappa shape index (κ1) is 11.4. The zero-order valence-corrected chi connectivity index (χ0v) is 10.2. The van der Waals surface area contributed by atoms with E-state index in [1.165, 1.54) is 0 Å². The molecule has 0 aromatic carbocycles. The van der Waals surface area contributed by atoms with Gasteiger partial charge in [0.1, 0.15) is 0 Å². The molecule has 0 unspecified atom stereocenters. The van der Waals surface area contributed by atoms with E-state index in [2.05, 4.69) is 15.6 Å². The standard InChI is InChI=1S/C12H16N4O/c1-12(2,3)15-11(17)14-9-5-4-7-16-8-6-13-10(9)16/h4-8H,1-3H3,(H2,14,15,17). The molecule has 5 nitrogen and oxygen atoms in total. The van der Waals surface area contributed by atoms with Gasteiger partial charge in [0, 0.05) is 24.1 Å².